The lowest BCUT2D eigenvalue weighted by Crippen LogP contribution is -2.28. The molecule has 0 saturated heterocycles. The smallest absolute Gasteiger partial charge is 0.306 e. The summed E-state index contributed by atoms with van der Waals surface area (Å²) in [7, 11) is 0. The first-order valence-corrected chi connectivity index (χ1v) is 28.3. The lowest BCUT2D eigenvalue weighted by Gasteiger charge is -2.15. The Hall–Kier alpha value is -5.00. The normalized spacial score (nSPS) is 13.7. The minimum absolute atomic E-state index is 0.0971. The van der Waals surface area contributed by atoms with Gasteiger partial charge < -0.3 is 14.6 Å². The van der Waals surface area contributed by atoms with Crippen molar-refractivity contribution in [1.29, 1.82) is 0 Å². The summed E-state index contributed by atoms with van der Waals surface area (Å²) in [5.41, 5.74) is 0. The second kappa shape index (κ2) is 60.3. The van der Waals surface area contributed by atoms with Crippen LogP contribution in [0, 0.1) is 0 Å². The number of unbranched alkanes of at least 4 members (excludes halogenated alkanes) is 11. The van der Waals surface area contributed by atoms with Crippen molar-refractivity contribution in [3.05, 3.63) is 182 Å². The van der Waals surface area contributed by atoms with Crippen molar-refractivity contribution in [2.45, 2.75) is 213 Å². The molecule has 5 nitrogen and oxygen atoms in total. The topological polar surface area (TPSA) is 72.8 Å². The molecular weight excluding hydrogens is 885 g/mol. The Balaban J connectivity index is 3.67. The van der Waals surface area contributed by atoms with Crippen molar-refractivity contribution in [1.82, 2.24) is 0 Å². The summed E-state index contributed by atoms with van der Waals surface area (Å²) in [4.78, 5) is 24.5. The molecule has 1 unspecified atom stereocenters. The van der Waals surface area contributed by atoms with Crippen molar-refractivity contribution in [2.24, 2.45) is 0 Å². The second-order valence-corrected chi connectivity index (χ2v) is 17.9. The molecule has 0 rings (SSSR count). The molecule has 0 spiro atoms. The van der Waals surface area contributed by atoms with Gasteiger partial charge in [0.1, 0.15) is 6.61 Å². The van der Waals surface area contributed by atoms with E-state index in [9.17, 15) is 14.7 Å². The third kappa shape index (κ3) is 57.6. The molecule has 1 N–H and O–H groups in total. The zero-order valence-corrected chi connectivity index (χ0v) is 45.6. The molecule has 0 saturated carbocycles. The highest BCUT2D eigenvalue weighted by molar-refractivity contribution is 5.70. The summed E-state index contributed by atoms with van der Waals surface area (Å²) in [5, 5.41) is 9.65. The predicted molar refractivity (Wildman–Crippen MR) is 315 cm³/mol. The van der Waals surface area contributed by atoms with E-state index in [1.54, 1.807) is 0 Å². The van der Waals surface area contributed by atoms with Crippen molar-refractivity contribution in [3.8, 4) is 0 Å². The first-order valence-electron chi connectivity index (χ1n) is 28.3. The Labute approximate surface area is 442 Å². The summed E-state index contributed by atoms with van der Waals surface area (Å²) < 4.78 is 10.7. The van der Waals surface area contributed by atoms with Gasteiger partial charge in [0.2, 0.25) is 0 Å². The Bertz CT molecular complexity index is 1680. The average molecular weight is 988 g/mol. The van der Waals surface area contributed by atoms with Crippen molar-refractivity contribution >= 4 is 11.9 Å². The Morgan fingerprint density at radius 2 is 0.556 bits per heavy atom. The maximum absolute atomic E-state index is 12.3. The highest BCUT2D eigenvalue weighted by atomic mass is 16.6. The number of allylic oxidation sites excluding steroid dienone is 30. The summed E-state index contributed by atoms with van der Waals surface area (Å²) in [5.74, 6) is -0.648. The molecule has 0 aromatic rings. The minimum Gasteiger partial charge on any atom is -0.462 e. The summed E-state index contributed by atoms with van der Waals surface area (Å²) in [6.07, 6.45) is 95.6. The SMILES string of the molecule is CC/C=C\C/C=C\C/C=C\C/C=C\C/C=C\C/C=C\C/C=C\C/C=C\C/C=C\CCCCCCCCCC(=O)OC(CO)COC(=O)CCCCCC/C=C\C/C=C\C/C=C\C/C=C\C/C=C\C/C=C\CC. The van der Waals surface area contributed by atoms with E-state index in [-0.39, 0.29) is 25.2 Å². The number of esters is 2. The fourth-order valence-corrected chi connectivity index (χ4v) is 7.02. The molecule has 0 aliphatic heterocycles. The van der Waals surface area contributed by atoms with Gasteiger partial charge in [-0.2, -0.15) is 0 Å². The number of aliphatic hydroxyl groups is 1. The van der Waals surface area contributed by atoms with Crippen LogP contribution in [0.25, 0.3) is 0 Å². The molecule has 0 aliphatic rings. The van der Waals surface area contributed by atoms with Gasteiger partial charge >= 0.3 is 11.9 Å². The van der Waals surface area contributed by atoms with E-state index < -0.39 is 6.10 Å². The number of ether oxygens (including phenoxy) is 2. The number of carbonyl (C=O) groups is 2. The first-order chi connectivity index (χ1) is 35.6. The molecule has 0 heterocycles. The van der Waals surface area contributed by atoms with E-state index in [1.165, 1.54) is 25.7 Å². The van der Waals surface area contributed by atoms with E-state index in [2.05, 4.69) is 196 Å². The molecule has 0 radical (unpaired) electrons. The Morgan fingerprint density at radius 1 is 0.319 bits per heavy atom. The third-order valence-corrected chi connectivity index (χ3v) is 11.2. The van der Waals surface area contributed by atoms with Gasteiger partial charge in [0, 0.05) is 12.8 Å². The standard InChI is InChI=1S/C67H102O5/c1-3-5-7-9-11-13-15-17-19-21-23-25-27-28-29-30-31-32-33-34-35-36-37-38-40-42-44-46-48-50-52-54-56-58-60-62-67(70)72-65(63-68)64-71-66(69)61-59-57-55-53-51-49-47-45-43-41-39-26-24-22-20-18-16-14-12-10-8-6-4-2/h5-8,11-14,17-20,23-26,28-29,31-32,34-35,37-38,41-44,47,49,65,68H,3-4,9-10,15-16,21-22,27,30,33,36,39-40,45-46,48,50-64H2,1-2H3/b7-5-,8-6-,13-11-,14-12-,19-17-,20-18-,25-23-,26-24-,29-28-,32-31-,35-34-,38-37-,43-41-,44-42-,49-47-. The lowest BCUT2D eigenvalue weighted by molar-refractivity contribution is -0.161. The summed E-state index contributed by atoms with van der Waals surface area (Å²) in [6, 6.07) is 0. The van der Waals surface area contributed by atoms with Gasteiger partial charge in [0.05, 0.1) is 6.61 Å². The number of hydrogen-bond acceptors (Lipinski definition) is 5. The lowest BCUT2D eigenvalue weighted by atomic mass is 10.1. The van der Waals surface area contributed by atoms with Gasteiger partial charge in [-0.1, -0.05) is 241 Å². The molecule has 1 atom stereocenters. The number of hydrogen-bond donors (Lipinski definition) is 1. The van der Waals surface area contributed by atoms with E-state index in [0.29, 0.717) is 12.8 Å². The highest BCUT2D eigenvalue weighted by Gasteiger charge is 2.16. The number of carbonyl (C=O) groups excluding carboxylic acids is 2. The van der Waals surface area contributed by atoms with Crippen LogP contribution in [-0.2, 0) is 19.1 Å². The largest absolute Gasteiger partial charge is 0.462 e. The molecule has 0 aromatic carbocycles. The van der Waals surface area contributed by atoms with Gasteiger partial charge in [0.15, 0.2) is 6.10 Å². The van der Waals surface area contributed by atoms with Crippen molar-refractivity contribution in [3.63, 3.8) is 0 Å². The van der Waals surface area contributed by atoms with Crippen molar-refractivity contribution < 1.29 is 24.2 Å². The Morgan fingerprint density at radius 3 is 0.833 bits per heavy atom. The summed E-state index contributed by atoms with van der Waals surface area (Å²) in [6.45, 7) is 3.86. The van der Waals surface area contributed by atoms with Gasteiger partial charge in [-0.05, 0) is 135 Å². The zero-order valence-electron chi connectivity index (χ0n) is 45.6. The van der Waals surface area contributed by atoms with Gasteiger partial charge in [-0.3, -0.25) is 9.59 Å². The monoisotopic (exact) mass is 987 g/mol. The average Bonchev–Trinajstić information content (AvgIpc) is 3.38. The quantitative estimate of drug-likeness (QED) is 0.0374. The maximum atomic E-state index is 12.3. The molecule has 0 aromatic heterocycles. The predicted octanol–water partition coefficient (Wildman–Crippen LogP) is 19.5. The van der Waals surface area contributed by atoms with Crippen LogP contribution in [0.2, 0.25) is 0 Å². The minimum atomic E-state index is -0.805. The highest BCUT2D eigenvalue weighted by Crippen LogP contribution is 2.12. The van der Waals surface area contributed by atoms with Crippen LogP contribution in [0.15, 0.2) is 182 Å². The fourth-order valence-electron chi connectivity index (χ4n) is 7.02. The van der Waals surface area contributed by atoms with Crippen LogP contribution in [0.5, 0.6) is 0 Å². The van der Waals surface area contributed by atoms with E-state index >= 15 is 0 Å². The van der Waals surface area contributed by atoms with Crippen LogP contribution in [0.1, 0.15) is 206 Å². The molecule has 0 bridgehead atoms. The van der Waals surface area contributed by atoms with Gasteiger partial charge in [0.25, 0.3) is 0 Å². The number of aliphatic hydroxyl groups excluding tert-OH is 1. The fraction of sp³-hybridized carbons (Fsp3) is 0.522. The Kier molecular flexibility index (Phi) is 56.1. The zero-order chi connectivity index (χ0) is 52.0. The second-order valence-electron chi connectivity index (χ2n) is 17.9. The van der Waals surface area contributed by atoms with Crippen LogP contribution >= 0.6 is 0 Å². The van der Waals surface area contributed by atoms with Crippen molar-refractivity contribution in [2.75, 3.05) is 13.2 Å². The van der Waals surface area contributed by atoms with E-state index in [1.807, 2.05) is 0 Å². The number of rotatable bonds is 49. The van der Waals surface area contributed by atoms with E-state index in [0.717, 1.165) is 154 Å². The molecule has 0 fully saturated rings. The van der Waals surface area contributed by atoms with Crippen LogP contribution < -0.4 is 0 Å². The molecule has 0 aliphatic carbocycles. The first kappa shape index (κ1) is 67.0. The third-order valence-electron chi connectivity index (χ3n) is 11.2. The molecule has 5 heteroatoms. The van der Waals surface area contributed by atoms with Crippen LogP contribution in [0.3, 0.4) is 0 Å². The summed E-state index contributed by atoms with van der Waals surface area (Å²) >= 11 is 0. The van der Waals surface area contributed by atoms with Crippen LogP contribution in [-0.4, -0.2) is 36.4 Å². The molecule has 400 valence electrons. The van der Waals surface area contributed by atoms with Gasteiger partial charge in [-0.15, -0.1) is 0 Å². The van der Waals surface area contributed by atoms with Gasteiger partial charge in [-0.25, -0.2) is 0 Å². The molecule has 0 amide bonds. The maximum Gasteiger partial charge on any atom is 0.306 e. The molecule has 72 heavy (non-hydrogen) atoms. The van der Waals surface area contributed by atoms with Crippen LogP contribution in [0.4, 0.5) is 0 Å². The molecular formula is C67H102O5. The van der Waals surface area contributed by atoms with E-state index in [4.69, 9.17) is 9.47 Å².